The summed E-state index contributed by atoms with van der Waals surface area (Å²) in [4.78, 5) is 24.3. The summed E-state index contributed by atoms with van der Waals surface area (Å²) in [6, 6.07) is 3.37. The Labute approximate surface area is 124 Å². The number of carbonyl (C=O) groups is 2. The van der Waals surface area contributed by atoms with Crippen molar-refractivity contribution < 1.29 is 14.7 Å². The molecule has 0 saturated heterocycles. The van der Waals surface area contributed by atoms with Crippen LogP contribution in [-0.4, -0.2) is 16.7 Å². The van der Waals surface area contributed by atoms with Gasteiger partial charge in [-0.15, -0.1) is 0 Å². The van der Waals surface area contributed by atoms with E-state index in [2.05, 4.69) is 0 Å². The zero-order chi connectivity index (χ0) is 15.1. The second-order valence-corrected chi connectivity index (χ2v) is 5.38. The lowest BCUT2D eigenvalue weighted by atomic mass is 9.65. The summed E-state index contributed by atoms with van der Waals surface area (Å²) in [6.45, 7) is 0. The van der Waals surface area contributed by atoms with Gasteiger partial charge in [0.2, 0.25) is 5.78 Å². The first-order valence-corrected chi connectivity index (χ1v) is 6.55. The van der Waals surface area contributed by atoms with Crippen LogP contribution in [0.25, 0.3) is 0 Å². The SMILES string of the molecule is N#CC1=C(O)C(Cl)=C(Cl)C(=O)C1(C#N)C1CCCC1=O. The molecule has 0 heterocycles. The highest BCUT2D eigenvalue weighted by molar-refractivity contribution is 6.51. The van der Waals surface area contributed by atoms with Crippen molar-refractivity contribution in [3.8, 4) is 12.1 Å². The number of rotatable bonds is 1. The van der Waals surface area contributed by atoms with E-state index in [-0.39, 0.29) is 12.2 Å². The Balaban J connectivity index is 2.76. The first-order chi connectivity index (χ1) is 9.41. The first kappa shape index (κ1) is 14.6. The first-order valence-electron chi connectivity index (χ1n) is 5.80. The predicted octanol–water partition coefficient (Wildman–Crippen LogP) is 2.47. The fourth-order valence-corrected chi connectivity index (χ4v) is 3.14. The number of aliphatic hydroxyl groups is 1. The summed E-state index contributed by atoms with van der Waals surface area (Å²) in [5, 5.41) is 27.6. The fourth-order valence-electron chi connectivity index (χ4n) is 2.72. The Morgan fingerprint density at radius 2 is 1.90 bits per heavy atom. The molecule has 0 amide bonds. The van der Waals surface area contributed by atoms with Gasteiger partial charge < -0.3 is 5.11 Å². The van der Waals surface area contributed by atoms with Crippen LogP contribution in [0.3, 0.4) is 0 Å². The van der Waals surface area contributed by atoms with Crippen molar-refractivity contribution in [3.05, 3.63) is 21.4 Å². The molecular weight excluding hydrogens is 303 g/mol. The van der Waals surface area contributed by atoms with E-state index in [1.54, 1.807) is 12.1 Å². The second-order valence-electron chi connectivity index (χ2n) is 4.62. The zero-order valence-corrected chi connectivity index (χ0v) is 11.6. The average Bonchev–Trinajstić information content (AvgIpc) is 2.87. The molecule has 1 saturated carbocycles. The average molecular weight is 311 g/mol. The van der Waals surface area contributed by atoms with E-state index < -0.39 is 38.5 Å². The van der Waals surface area contributed by atoms with Crippen LogP contribution in [-0.2, 0) is 9.59 Å². The Hall–Kier alpha value is -1.82. The molecule has 0 radical (unpaired) electrons. The molecule has 1 N–H and O–H groups in total. The third-order valence-corrected chi connectivity index (χ3v) is 4.53. The van der Waals surface area contributed by atoms with Crippen LogP contribution in [0.5, 0.6) is 0 Å². The highest BCUT2D eigenvalue weighted by Gasteiger charge is 2.58. The molecule has 2 aliphatic rings. The quantitative estimate of drug-likeness (QED) is 0.801. The molecule has 0 aromatic rings. The molecule has 0 aliphatic heterocycles. The van der Waals surface area contributed by atoms with E-state index in [0.717, 1.165) is 0 Å². The van der Waals surface area contributed by atoms with Gasteiger partial charge in [0.1, 0.15) is 27.5 Å². The molecule has 0 aromatic carbocycles. The third kappa shape index (κ3) is 1.67. The molecule has 0 spiro atoms. The van der Waals surface area contributed by atoms with Crippen LogP contribution >= 0.6 is 23.2 Å². The van der Waals surface area contributed by atoms with Crippen LogP contribution in [0.15, 0.2) is 21.4 Å². The van der Waals surface area contributed by atoms with Crippen molar-refractivity contribution in [1.82, 2.24) is 0 Å². The maximum absolute atomic E-state index is 12.4. The molecule has 2 atom stereocenters. The Kier molecular flexibility index (Phi) is 3.60. The van der Waals surface area contributed by atoms with E-state index in [1.807, 2.05) is 0 Å². The van der Waals surface area contributed by atoms with Crippen molar-refractivity contribution in [2.45, 2.75) is 19.3 Å². The molecule has 7 heteroatoms. The normalized spacial score (nSPS) is 30.5. The number of halogens is 2. The summed E-state index contributed by atoms with van der Waals surface area (Å²) < 4.78 is 0. The van der Waals surface area contributed by atoms with Gasteiger partial charge >= 0.3 is 0 Å². The van der Waals surface area contributed by atoms with Gasteiger partial charge in [0, 0.05) is 12.3 Å². The van der Waals surface area contributed by atoms with Crippen molar-refractivity contribution >= 4 is 34.8 Å². The summed E-state index contributed by atoms with van der Waals surface area (Å²) in [7, 11) is 0. The number of nitrogens with zero attached hydrogens (tertiary/aromatic N) is 2. The van der Waals surface area contributed by atoms with Gasteiger partial charge in [-0.1, -0.05) is 23.2 Å². The van der Waals surface area contributed by atoms with Crippen LogP contribution < -0.4 is 0 Å². The molecule has 5 nitrogen and oxygen atoms in total. The molecule has 20 heavy (non-hydrogen) atoms. The van der Waals surface area contributed by atoms with Crippen molar-refractivity contribution in [3.63, 3.8) is 0 Å². The Bertz CT molecular complexity index is 666. The van der Waals surface area contributed by atoms with Gasteiger partial charge in [0.15, 0.2) is 11.2 Å². The van der Waals surface area contributed by atoms with Gasteiger partial charge in [0.05, 0.1) is 6.07 Å². The minimum atomic E-state index is -2.07. The van der Waals surface area contributed by atoms with Crippen LogP contribution in [0.2, 0.25) is 0 Å². The molecule has 2 rings (SSSR count). The smallest absolute Gasteiger partial charge is 0.202 e. The molecule has 0 bridgehead atoms. The minimum absolute atomic E-state index is 0.232. The predicted molar refractivity (Wildman–Crippen MR) is 69.4 cm³/mol. The Morgan fingerprint density at radius 1 is 1.25 bits per heavy atom. The topological polar surface area (TPSA) is 102 Å². The zero-order valence-electron chi connectivity index (χ0n) is 10.1. The van der Waals surface area contributed by atoms with Crippen LogP contribution in [0.4, 0.5) is 0 Å². The Morgan fingerprint density at radius 3 is 2.35 bits per heavy atom. The number of ketones is 2. The van der Waals surface area contributed by atoms with Gasteiger partial charge in [-0.3, -0.25) is 9.59 Å². The monoisotopic (exact) mass is 310 g/mol. The number of carbonyl (C=O) groups excluding carboxylic acids is 2. The molecule has 0 aromatic heterocycles. The largest absolute Gasteiger partial charge is 0.505 e. The molecule has 1 fully saturated rings. The van der Waals surface area contributed by atoms with Crippen LogP contribution in [0.1, 0.15) is 19.3 Å². The number of hydrogen-bond acceptors (Lipinski definition) is 5. The molecule has 2 aliphatic carbocycles. The standard InChI is InChI=1S/C13H8Cl2N2O3/c14-9-10(15)12(20)13(5-17,7(4-16)11(9)19)6-2-1-3-8(6)18/h6,19H,1-3H2. The molecule has 102 valence electrons. The van der Waals surface area contributed by atoms with Crippen LogP contribution in [0, 0.1) is 34.0 Å². The van der Waals surface area contributed by atoms with E-state index in [0.29, 0.717) is 12.8 Å². The number of Topliss-reactive ketones (excluding diaryl/α,β-unsaturated/α-hetero) is 2. The lowest BCUT2D eigenvalue weighted by molar-refractivity contribution is -0.130. The van der Waals surface area contributed by atoms with Gasteiger partial charge in [-0.25, -0.2) is 0 Å². The maximum Gasteiger partial charge on any atom is 0.202 e. The van der Waals surface area contributed by atoms with E-state index >= 15 is 0 Å². The lowest BCUT2D eigenvalue weighted by Crippen LogP contribution is -2.44. The van der Waals surface area contributed by atoms with Gasteiger partial charge in [0.25, 0.3) is 0 Å². The summed E-state index contributed by atoms with van der Waals surface area (Å²) >= 11 is 11.4. The minimum Gasteiger partial charge on any atom is -0.505 e. The number of hydrogen-bond donors (Lipinski definition) is 1. The molecular formula is C13H8Cl2N2O3. The number of aliphatic hydroxyl groups excluding tert-OH is 1. The van der Waals surface area contributed by atoms with Crippen molar-refractivity contribution in [2.24, 2.45) is 11.3 Å². The lowest BCUT2D eigenvalue weighted by Gasteiger charge is -2.32. The second kappa shape index (κ2) is 4.94. The van der Waals surface area contributed by atoms with Crippen molar-refractivity contribution in [1.29, 1.82) is 10.5 Å². The third-order valence-electron chi connectivity index (χ3n) is 3.70. The van der Waals surface area contributed by atoms with Gasteiger partial charge in [-0.2, -0.15) is 10.5 Å². The maximum atomic E-state index is 12.4. The summed E-state index contributed by atoms with van der Waals surface area (Å²) in [6.07, 6.45) is 1.04. The van der Waals surface area contributed by atoms with E-state index in [1.165, 1.54) is 0 Å². The van der Waals surface area contributed by atoms with E-state index in [9.17, 15) is 25.2 Å². The highest BCUT2D eigenvalue weighted by atomic mass is 35.5. The summed E-state index contributed by atoms with van der Waals surface area (Å²) in [5.41, 5.74) is -2.57. The van der Waals surface area contributed by atoms with Gasteiger partial charge in [-0.05, 0) is 12.8 Å². The molecule has 2 unspecified atom stereocenters. The highest BCUT2D eigenvalue weighted by Crippen LogP contribution is 2.50. The number of allylic oxidation sites excluding steroid dienone is 3. The summed E-state index contributed by atoms with van der Waals surface area (Å²) in [5.74, 6) is -2.88. The fraction of sp³-hybridized carbons (Fsp3) is 0.385. The van der Waals surface area contributed by atoms with E-state index in [4.69, 9.17) is 23.2 Å². The van der Waals surface area contributed by atoms with Crippen molar-refractivity contribution in [2.75, 3.05) is 0 Å². The number of nitriles is 2.